The summed E-state index contributed by atoms with van der Waals surface area (Å²) in [6.07, 6.45) is 15.9. The first-order valence-electron chi connectivity index (χ1n) is 29.6. The maximum absolute atomic E-state index is 13.7. The van der Waals surface area contributed by atoms with E-state index in [0.29, 0.717) is 37.8 Å². The van der Waals surface area contributed by atoms with Gasteiger partial charge in [0.05, 0.1) is 18.9 Å². The number of carboxylic acids is 3. The Balaban J connectivity index is 2.21. The average molecular weight is 1100 g/mol. The summed E-state index contributed by atoms with van der Waals surface area (Å²) >= 11 is 0. The first-order chi connectivity index (χ1) is 37.6. The van der Waals surface area contributed by atoms with Crippen molar-refractivity contribution in [2.75, 3.05) is 13.2 Å². The lowest BCUT2D eigenvalue weighted by atomic mass is 9.95. The van der Waals surface area contributed by atoms with E-state index < -0.39 is 110 Å². The van der Waals surface area contributed by atoms with Crippen molar-refractivity contribution in [1.82, 2.24) is 16.0 Å². The molecule has 0 radical (unpaired) electrons. The van der Waals surface area contributed by atoms with Gasteiger partial charge in [0.25, 0.3) is 5.91 Å². The second-order valence-electron chi connectivity index (χ2n) is 20.9. The van der Waals surface area contributed by atoms with E-state index in [-0.39, 0.29) is 31.6 Å². The molecule has 1 aliphatic heterocycles. The standard InChI is InChI=1S/C59H97N3O16/c1-3-5-7-9-11-13-15-17-19-22-29-35-48(63)61-46(38-39-50(65)66)58(74)75-43-47-55(72)56(78-53(71)37-31-24-20-18-16-14-12-10-8-6-4-2)54(59(77-47)76-45(41-51(67)68)42-52(69)70)62-49(64)36-30-23-21-25-32-40-60-57(73)44-33-27-26-28-34-44/h26-28,33-34,45-47,54-56,59,72H,3-25,29-32,35-43H2,1-2H3,(H,60,73)(H,61,63)(H,62,64)(H,65,66)(H,67,68)(H,69,70)/t46-,47-,54-,55-,56-,59+/m1/s1. The second kappa shape index (κ2) is 43.7. The normalized spacial score (nSPS) is 17.5. The molecule has 1 fully saturated rings. The number of esters is 2. The summed E-state index contributed by atoms with van der Waals surface area (Å²) in [5, 5.41) is 49.0. The third-order valence-corrected chi connectivity index (χ3v) is 14.0. The van der Waals surface area contributed by atoms with Crippen LogP contribution in [0.4, 0.5) is 0 Å². The molecule has 1 aromatic rings. The molecule has 1 aromatic carbocycles. The zero-order valence-electron chi connectivity index (χ0n) is 47.1. The van der Waals surface area contributed by atoms with Crippen LogP contribution in [0.25, 0.3) is 0 Å². The number of aliphatic hydroxyl groups is 1. The molecule has 78 heavy (non-hydrogen) atoms. The lowest BCUT2D eigenvalue weighted by Crippen LogP contribution is -2.66. The number of benzene rings is 1. The summed E-state index contributed by atoms with van der Waals surface area (Å²) in [5.74, 6) is -7.00. The summed E-state index contributed by atoms with van der Waals surface area (Å²) in [4.78, 5) is 102. The molecule has 19 heteroatoms. The van der Waals surface area contributed by atoms with E-state index in [4.69, 9.17) is 18.9 Å². The highest BCUT2D eigenvalue weighted by molar-refractivity contribution is 5.94. The summed E-state index contributed by atoms with van der Waals surface area (Å²) in [7, 11) is 0. The molecule has 0 bridgehead atoms. The highest BCUT2D eigenvalue weighted by Crippen LogP contribution is 2.29. The van der Waals surface area contributed by atoms with Crippen molar-refractivity contribution >= 4 is 47.6 Å². The van der Waals surface area contributed by atoms with Gasteiger partial charge in [0.1, 0.15) is 30.9 Å². The third-order valence-electron chi connectivity index (χ3n) is 14.0. The summed E-state index contributed by atoms with van der Waals surface area (Å²) in [6.45, 7) is 4.09. The number of ether oxygens (including phenoxy) is 4. The highest BCUT2D eigenvalue weighted by atomic mass is 16.7. The lowest BCUT2D eigenvalue weighted by Gasteiger charge is -2.44. The Kier molecular flexibility index (Phi) is 38.6. The number of carbonyl (C=O) groups excluding carboxylic acids is 5. The molecular formula is C59H97N3O16. The number of carboxylic acid groups (broad SMARTS) is 3. The van der Waals surface area contributed by atoms with Crippen LogP contribution in [-0.2, 0) is 52.5 Å². The van der Waals surface area contributed by atoms with E-state index in [0.717, 1.165) is 77.0 Å². The summed E-state index contributed by atoms with van der Waals surface area (Å²) < 4.78 is 23.6. The fourth-order valence-electron chi connectivity index (χ4n) is 9.45. The maximum atomic E-state index is 13.7. The van der Waals surface area contributed by atoms with Crippen molar-refractivity contribution in [2.45, 2.75) is 275 Å². The highest BCUT2D eigenvalue weighted by Gasteiger charge is 2.50. The maximum Gasteiger partial charge on any atom is 0.328 e. The number of rotatable bonds is 48. The van der Waals surface area contributed by atoms with Crippen molar-refractivity contribution in [1.29, 1.82) is 0 Å². The minimum atomic E-state index is -1.81. The fourth-order valence-corrected chi connectivity index (χ4v) is 9.45. The van der Waals surface area contributed by atoms with E-state index >= 15 is 0 Å². The van der Waals surface area contributed by atoms with Crippen molar-refractivity contribution in [3.8, 4) is 0 Å². The van der Waals surface area contributed by atoms with Crippen LogP contribution in [0.3, 0.4) is 0 Å². The predicted molar refractivity (Wildman–Crippen MR) is 294 cm³/mol. The number of nitrogens with one attached hydrogen (secondary N) is 3. The van der Waals surface area contributed by atoms with Crippen LogP contribution in [0.15, 0.2) is 30.3 Å². The number of hydrogen-bond acceptors (Lipinski definition) is 13. The Morgan fingerprint density at radius 2 is 1.05 bits per heavy atom. The Labute approximate surface area is 463 Å². The summed E-state index contributed by atoms with van der Waals surface area (Å²) in [5.41, 5.74) is 0.566. The molecule has 0 unspecified atom stereocenters. The number of amides is 3. The first-order valence-corrected chi connectivity index (χ1v) is 29.6. The van der Waals surface area contributed by atoms with Crippen molar-refractivity contribution in [3.63, 3.8) is 0 Å². The Hall–Kier alpha value is -5.14. The molecule has 7 N–H and O–H groups in total. The van der Waals surface area contributed by atoms with Crippen LogP contribution in [0.2, 0.25) is 0 Å². The summed E-state index contributed by atoms with van der Waals surface area (Å²) in [6, 6.07) is 5.97. The Morgan fingerprint density at radius 3 is 1.55 bits per heavy atom. The van der Waals surface area contributed by atoms with Gasteiger partial charge in [-0.15, -0.1) is 0 Å². The molecule has 3 amide bonds. The van der Waals surface area contributed by atoms with Crippen LogP contribution in [0, 0.1) is 0 Å². The van der Waals surface area contributed by atoms with E-state index in [1.807, 2.05) is 6.07 Å². The van der Waals surface area contributed by atoms with E-state index in [1.54, 1.807) is 24.3 Å². The van der Waals surface area contributed by atoms with Gasteiger partial charge >= 0.3 is 29.8 Å². The van der Waals surface area contributed by atoms with Gasteiger partial charge in [0.15, 0.2) is 12.4 Å². The quantitative estimate of drug-likeness (QED) is 0.0236. The molecule has 444 valence electrons. The minimum absolute atomic E-state index is 0.0269. The molecule has 0 saturated carbocycles. The van der Waals surface area contributed by atoms with Gasteiger partial charge in [-0.05, 0) is 44.2 Å². The predicted octanol–water partition coefficient (Wildman–Crippen LogP) is 9.87. The average Bonchev–Trinajstić information content (AvgIpc) is 3.40. The number of hydrogen-bond donors (Lipinski definition) is 7. The van der Waals surface area contributed by atoms with E-state index in [2.05, 4.69) is 29.8 Å². The second-order valence-corrected chi connectivity index (χ2v) is 20.9. The van der Waals surface area contributed by atoms with Crippen LogP contribution >= 0.6 is 0 Å². The molecule has 0 aliphatic carbocycles. The zero-order valence-corrected chi connectivity index (χ0v) is 47.1. The molecule has 1 saturated heterocycles. The topological polar surface area (TPSA) is 290 Å². The van der Waals surface area contributed by atoms with Gasteiger partial charge in [-0.1, -0.05) is 180 Å². The van der Waals surface area contributed by atoms with Crippen LogP contribution in [-0.4, -0.2) is 124 Å². The number of aliphatic carboxylic acids is 3. The third kappa shape index (κ3) is 33.3. The van der Waals surface area contributed by atoms with Crippen molar-refractivity contribution in [2.24, 2.45) is 0 Å². The minimum Gasteiger partial charge on any atom is -0.481 e. The van der Waals surface area contributed by atoms with E-state index in [1.165, 1.54) is 70.6 Å². The van der Waals surface area contributed by atoms with Crippen molar-refractivity contribution < 1.29 is 77.7 Å². The molecule has 0 aromatic heterocycles. The van der Waals surface area contributed by atoms with Crippen LogP contribution < -0.4 is 16.0 Å². The van der Waals surface area contributed by atoms with Crippen molar-refractivity contribution in [3.05, 3.63) is 35.9 Å². The largest absolute Gasteiger partial charge is 0.481 e. The number of aliphatic hydroxyl groups excluding tert-OH is 1. The number of unbranched alkanes of at least 4 members (excludes halogenated alkanes) is 24. The fraction of sp³-hybridized carbons (Fsp3) is 0.763. The lowest BCUT2D eigenvalue weighted by molar-refractivity contribution is -0.286. The SMILES string of the molecule is CCCCCCCCCCCCCC(=O)N[C@H](CCC(=O)O)C(=O)OC[C@H]1O[C@H](OC(CC(=O)O)CC(=O)O)[C@H](NC(=O)CCCCCCCNC(=O)c2ccccc2)[C@@H](OC(=O)CCCCCCCCCCCCC)[C@@H]1O. The molecule has 0 spiro atoms. The monoisotopic (exact) mass is 1100 g/mol. The van der Waals surface area contributed by atoms with Gasteiger partial charge in [-0.25, -0.2) is 4.79 Å². The smallest absolute Gasteiger partial charge is 0.328 e. The van der Waals surface area contributed by atoms with Gasteiger partial charge in [0, 0.05) is 37.8 Å². The van der Waals surface area contributed by atoms with Gasteiger partial charge in [-0.3, -0.25) is 33.6 Å². The van der Waals surface area contributed by atoms with Crippen LogP contribution in [0.5, 0.6) is 0 Å². The van der Waals surface area contributed by atoms with Gasteiger partial charge in [-0.2, -0.15) is 0 Å². The Bertz CT molecular complexity index is 1840. The molecule has 1 aliphatic rings. The first kappa shape index (κ1) is 69.0. The van der Waals surface area contributed by atoms with Gasteiger partial charge < -0.3 is 55.3 Å². The Morgan fingerprint density at radius 1 is 0.577 bits per heavy atom. The van der Waals surface area contributed by atoms with Gasteiger partial charge in [0.2, 0.25) is 11.8 Å². The molecule has 2 rings (SSSR count). The molecule has 19 nitrogen and oxygen atoms in total. The van der Waals surface area contributed by atoms with E-state index in [9.17, 15) is 58.8 Å². The molecular weight excluding hydrogens is 1010 g/mol. The molecule has 6 atom stereocenters. The van der Waals surface area contributed by atoms with Crippen LogP contribution in [0.1, 0.15) is 243 Å². The number of carbonyl (C=O) groups is 8. The zero-order chi connectivity index (χ0) is 57.2. The molecule has 1 heterocycles.